The van der Waals surface area contributed by atoms with E-state index in [1.807, 2.05) is 24.3 Å². The maximum absolute atomic E-state index is 6.27. The quantitative estimate of drug-likeness (QED) is 0.883. The van der Waals surface area contributed by atoms with E-state index in [9.17, 15) is 0 Å². The zero-order valence-corrected chi connectivity index (χ0v) is 13.0. The summed E-state index contributed by atoms with van der Waals surface area (Å²) in [7, 11) is 1.62. The van der Waals surface area contributed by atoms with E-state index < -0.39 is 0 Å². The monoisotopic (exact) mass is 323 g/mol. The molecule has 0 fully saturated rings. The van der Waals surface area contributed by atoms with Crippen molar-refractivity contribution in [3.8, 4) is 11.5 Å². The summed E-state index contributed by atoms with van der Waals surface area (Å²) in [6.07, 6.45) is 0.365. The Labute approximate surface area is 133 Å². The van der Waals surface area contributed by atoms with Gasteiger partial charge in [0.2, 0.25) is 0 Å². The molecule has 1 aliphatic heterocycles. The third-order valence-corrected chi connectivity index (χ3v) is 4.34. The highest BCUT2D eigenvalue weighted by molar-refractivity contribution is 6.36. The van der Waals surface area contributed by atoms with Gasteiger partial charge in [0.05, 0.1) is 7.11 Å². The fourth-order valence-corrected chi connectivity index (χ4v) is 3.24. The van der Waals surface area contributed by atoms with E-state index >= 15 is 0 Å². The molecule has 2 aromatic rings. The molecule has 0 amide bonds. The van der Waals surface area contributed by atoms with E-state index in [1.165, 1.54) is 0 Å². The Bertz CT molecular complexity index is 655. The first-order valence-corrected chi connectivity index (χ1v) is 7.40. The van der Waals surface area contributed by atoms with Crippen molar-refractivity contribution in [1.29, 1.82) is 0 Å². The van der Waals surface area contributed by atoms with E-state index in [4.69, 9.17) is 38.4 Å². The molecule has 2 atom stereocenters. The Kier molecular flexibility index (Phi) is 3.98. The molecule has 3 rings (SSSR count). The van der Waals surface area contributed by atoms with Crippen LogP contribution in [0.2, 0.25) is 10.0 Å². The third kappa shape index (κ3) is 2.69. The summed E-state index contributed by atoms with van der Waals surface area (Å²) in [6.45, 7) is 0. The number of fused-ring (bicyclic) bond motifs is 1. The topological polar surface area (TPSA) is 44.5 Å². The van der Waals surface area contributed by atoms with Crippen LogP contribution in [0.4, 0.5) is 0 Å². The van der Waals surface area contributed by atoms with Crippen molar-refractivity contribution in [2.75, 3.05) is 7.11 Å². The van der Waals surface area contributed by atoms with Gasteiger partial charge in [-0.05, 0) is 18.2 Å². The van der Waals surface area contributed by atoms with Crippen LogP contribution in [0.3, 0.4) is 0 Å². The molecule has 0 aromatic heterocycles. The van der Waals surface area contributed by atoms with E-state index in [1.54, 1.807) is 19.2 Å². The second-order valence-corrected chi connectivity index (χ2v) is 5.80. The summed E-state index contributed by atoms with van der Waals surface area (Å²) in [5, 5.41) is 1.18. The number of hydrogen-bond acceptors (Lipinski definition) is 3. The minimum Gasteiger partial charge on any atom is -0.497 e. The summed E-state index contributed by atoms with van der Waals surface area (Å²) < 4.78 is 11.3. The number of hydrogen-bond donors (Lipinski definition) is 1. The molecule has 0 saturated heterocycles. The van der Waals surface area contributed by atoms with Gasteiger partial charge in [-0.15, -0.1) is 0 Å². The minimum atomic E-state index is -0.263. The van der Waals surface area contributed by atoms with Crippen LogP contribution in [0.25, 0.3) is 0 Å². The maximum Gasteiger partial charge on any atom is 0.128 e. The molecule has 1 heterocycles. The Balaban J connectivity index is 2.01. The van der Waals surface area contributed by atoms with Crippen molar-refractivity contribution in [1.82, 2.24) is 0 Å². The highest BCUT2D eigenvalue weighted by atomic mass is 35.5. The minimum absolute atomic E-state index is 0.128. The van der Waals surface area contributed by atoms with Crippen LogP contribution in [0.1, 0.15) is 29.7 Å². The maximum atomic E-state index is 6.27. The predicted molar refractivity (Wildman–Crippen MR) is 84.4 cm³/mol. The molecule has 1 unspecified atom stereocenters. The van der Waals surface area contributed by atoms with Crippen molar-refractivity contribution in [3.05, 3.63) is 57.6 Å². The van der Waals surface area contributed by atoms with Crippen LogP contribution in [0.15, 0.2) is 36.4 Å². The first-order valence-electron chi connectivity index (χ1n) is 6.64. The van der Waals surface area contributed by atoms with Crippen LogP contribution in [-0.4, -0.2) is 7.11 Å². The molecule has 3 nitrogen and oxygen atoms in total. The van der Waals surface area contributed by atoms with E-state index in [0.717, 1.165) is 16.9 Å². The fourth-order valence-electron chi connectivity index (χ4n) is 2.60. The lowest BCUT2D eigenvalue weighted by Gasteiger charge is -2.31. The third-order valence-electron chi connectivity index (χ3n) is 3.68. The lowest BCUT2D eigenvalue weighted by atomic mass is 9.93. The van der Waals surface area contributed by atoms with Crippen LogP contribution in [0.5, 0.6) is 11.5 Å². The van der Waals surface area contributed by atoms with E-state index in [-0.39, 0.29) is 12.1 Å². The summed E-state index contributed by atoms with van der Waals surface area (Å²) in [5.41, 5.74) is 8.01. The Morgan fingerprint density at radius 2 is 1.90 bits per heavy atom. The van der Waals surface area contributed by atoms with Crippen LogP contribution < -0.4 is 15.2 Å². The summed E-state index contributed by atoms with van der Waals surface area (Å²) >= 11 is 12.5. The number of rotatable bonds is 2. The Morgan fingerprint density at radius 3 is 2.57 bits per heavy atom. The predicted octanol–water partition coefficient (Wildman–Crippen LogP) is 4.53. The molecule has 2 aromatic carbocycles. The molecule has 1 aliphatic rings. The average Bonchev–Trinajstić information content (AvgIpc) is 2.46. The fraction of sp³-hybridized carbons (Fsp3) is 0.250. The molecule has 5 heteroatoms. The Hall–Kier alpha value is -1.42. The molecule has 0 saturated carbocycles. The van der Waals surface area contributed by atoms with Gasteiger partial charge in [-0.1, -0.05) is 35.3 Å². The number of methoxy groups -OCH3 is 1. The molecule has 0 bridgehead atoms. The second kappa shape index (κ2) is 5.76. The van der Waals surface area contributed by atoms with E-state index in [0.29, 0.717) is 22.2 Å². The lowest BCUT2D eigenvalue weighted by Crippen LogP contribution is -2.24. The normalized spacial score (nSPS) is 20.6. The molecular weight excluding hydrogens is 309 g/mol. The van der Waals surface area contributed by atoms with Crippen LogP contribution >= 0.6 is 23.2 Å². The molecule has 0 aliphatic carbocycles. The summed E-state index contributed by atoms with van der Waals surface area (Å²) in [6, 6.07) is 10.9. The molecule has 21 heavy (non-hydrogen) atoms. The van der Waals surface area contributed by atoms with E-state index in [2.05, 4.69) is 0 Å². The Morgan fingerprint density at radius 1 is 1.19 bits per heavy atom. The van der Waals surface area contributed by atoms with Gasteiger partial charge >= 0.3 is 0 Å². The first kappa shape index (κ1) is 14.5. The zero-order valence-electron chi connectivity index (χ0n) is 11.5. The van der Waals surface area contributed by atoms with Gasteiger partial charge in [0.15, 0.2) is 0 Å². The van der Waals surface area contributed by atoms with Gasteiger partial charge in [-0.3, -0.25) is 0 Å². The second-order valence-electron chi connectivity index (χ2n) is 4.99. The van der Waals surface area contributed by atoms with Gasteiger partial charge in [0, 0.05) is 39.7 Å². The van der Waals surface area contributed by atoms with Gasteiger partial charge in [-0.25, -0.2) is 0 Å². The van der Waals surface area contributed by atoms with Crippen molar-refractivity contribution in [3.63, 3.8) is 0 Å². The molecule has 2 N–H and O–H groups in total. The van der Waals surface area contributed by atoms with Crippen molar-refractivity contribution < 1.29 is 9.47 Å². The largest absolute Gasteiger partial charge is 0.497 e. The van der Waals surface area contributed by atoms with Gasteiger partial charge in [0.25, 0.3) is 0 Å². The number of benzene rings is 2. The molecule has 0 spiro atoms. The molecule has 110 valence electrons. The summed E-state index contributed by atoms with van der Waals surface area (Å²) in [4.78, 5) is 0. The highest BCUT2D eigenvalue weighted by Gasteiger charge is 2.30. The first-order chi connectivity index (χ1) is 10.1. The van der Waals surface area contributed by atoms with Gasteiger partial charge in [0.1, 0.15) is 17.6 Å². The smallest absolute Gasteiger partial charge is 0.128 e. The van der Waals surface area contributed by atoms with Crippen LogP contribution in [-0.2, 0) is 0 Å². The summed E-state index contributed by atoms with van der Waals surface area (Å²) in [5.74, 6) is 1.45. The number of nitrogens with two attached hydrogens (primary N) is 1. The van der Waals surface area contributed by atoms with Crippen LogP contribution in [0, 0.1) is 0 Å². The molecular formula is C16H15Cl2NO2. The zero-order chi connectivity index (χ0) is 15.0. The average molecular weight is 324 g/mol. The standard InChI is InChI=1S/C16H15Cl2NO2/c1-20-9-5-6-10-13(19)8-15(21-14(10)7-9)16-11(17)3-2-4-12(16)18/h2-7,13,15H,8,19H2,1H3/t13-,15?/m1/s1. The van der Waals surface area contributed by atoms with Crippen molar-refractivity contribution >= 4 is 23.2 Å². The van der Waals surface area contributed by atoms with Gasteiger partial charge in [-0.2, -0.15) is 0 Å². The molecule has 0 radical (unpaired) electrons. The lowest BCUT2D eigenvalue weighted by molar-refractivity contribution is 0.161. The number of ether oxygens (including phenoxy) is 2. The highest BCUT2D eigenvalue weighted by Crippen LogP contribution is 2.44. The van der Waals surface area contributed by atoms with Gasteiger partial charge < -0.3 is 15.2 Å². The van der Waals surface area contributed by atoms with Crippen molar-refractivity contribution in [2.45, 2.75) is 18.6 Å². The van der Waals surface area contributed by atoms with Crippen molar-refractivity contribution in [2.24, 2.45) is 5.73 Å². The number of halogens is 2. The SMILES string of the molecule is COc1ccc2c(c1)OC(c1c(Cl)cccc1Cl)C[C@H]2N.